The van der Waals surface area contributed by atoms with Crippen molar-refractivity contribution in [1.82, 2.24) is 10.2 Å². The van der Waals surface area contributed by atoms with E-state index in [1.807, 2.05) is 4.90 Å². The van der Waals surface area contributed by atoms with Crippen molar-refractivity contribution >= 4 is 21.8 Å². The average Bonchev–Trinajstić information content (AvgIpc) is 2.44. The molecule has 1 N–H and O–H groups in total. The van der Waals surface area contributed by atoms with E-state index < -0.39 is 0 Å². The highest BCUT2D eigenvalue weighted by molar-refractivity contribution is 9.10. The first kappa shape index (κ1) is 16.1. The van der Waals surface area contributed by atoms with Crippen molar-refractivity contribution in [2.75, 3.05) is 33.9 Å². The largest absolute Gasteiger partial charge is 0.493 e. The first-order valence-electron chi connectivity index (χ1n) is 6.84. The highest BCUT2D eigenvalue weighted by Crippen LogP contribution is 2.36. The summed E-state index contributed by atoms with van der Waals surface area (Å²) in [7, 11) is 3.13. The summed E-state index contributed by atoms with van der Waals surface area (Å²) in [5, 5.41) is 3.40. The minimum atomic E-state index is -0.0678. The topological polar surface area (TPSA) is 50.8 Å². The molecule has 0 spiro atoms. The lowest BCUT2D eigenvalue weighted by molar-refractivity contribution is 0.0651. The number of carbonyl (C=O) groups is 1. The molecule has 1 heterocycles. The van der Waals surface area contributed by atoms with Gasteiger partial charge in [0.1, 0.15) is 0 Å². The Kier molecular flexibility index (Phi) is 4.78. The SMILES string of the molecule is COc1cc(C(=O)N2CCNC(C)(C)C2)cc(Br)c1OC. The number of nitrogens with zero attached hydrogens (tertiary/aromatic N) is 1. The van der Waals surface area contributed by atoms with Gasteiger partial charge in [-0.2, -0.15) is 0 Å². The zero-order valence-electron chi connectivity index (χ0n) is 12.8. The number of piperazine rings is 1. The Morgan fingerprint density at radius 2 is 2.05 bits per heavy atom. The Hall–Kier alpha value is -1.27. The zero-order chi connectivity index (χ0) is 15.6. The van der Waals surface area contributed by atoms with Gasteiger partial charge in [0.2, 0.25) is 0 Å². The Bertz CT molecular complexity index is 546. The van der Waals surface area contributed by atoms with Crippen LogP contribution in [0.3, 0.4) is 0 Å². The monoisotopic (exact) mass is 356 g/mol. The molecule has 2 rings (SSSR count). The molecule has 1 aliphatic rings. The van der Waals surface area contributed by atoms with Crippen LogP contribution in [-0.4, -0.2) is 50.2 Å². The molecule has 1 fully saturated rings. The fourth-order valence-corrected chi connectivity index (χ4v) is 3.14. The van der Waals surface area contributed by atoms with E-state index >= 15 is 0 Å². The molecule has 5 nitrogen and oxygen atoms in total. The van der Waals surface area contributed by atoms with E-state index in [1.165, 1.54) is 0 Å². The highest BCUT2D eigenvalue weighted by Gasteiger charge is 2.29. The lowest BCUT2D eigenvalue weighted by Gasteiger charge is -2.39. The molecule has 116 valence electrons. The van der Waals surface area contributed by atoms with Crippen LogP contribution in [0.5, 0.6) is 11.5 Å². The van der Waals surface area contributed by atoms with Crippen molar-refractivity contribution in [3.63, 3.8) is 0 Å². The Morgan fingerprint density at radius 3 is 2.62 bits per heavy atom. The number of hydrogen-bond donors (Lipinski definition) is 1. The molecule has 0 saturated carbocycles. The summed E-state index contributed by atoms with van der Waals surface area (Å²) in [5.41, 5.74) is 0.527. The van der Waals surface area contributed by atoms with Gasteiger partial charge in [0, 0.05) is 30.7 Å². The fourth-order valence-electron chi connectivity index (χ4n) is 2.54. The van der Waals surface area contributed by atoms with Crippen LogP contribution in [-0.2, 0) is 0 Å². The van der Waals surface area contributed by atoms with Crippen LogP contribution in [0, 0.1) is 0 Å². The van der Waals surface area contributed by atoms with Crippen LogP contribution in [0.25, 0.3) is 0 Å². The molecule has 0 radical (unpaired) electrons. The predicted octanol–water partition coefficient (Wildman–Crippen LogP) is 2.29. The van der Waals surface area contributed by atoms with Crippen LogP contribution in [0.15, 0.2) is 16.6 Å². The first-order chi connectivity index (χ1) is 9.88. The Balaban J connectivity index is 2.29. The summed E-state index contributed by atoms with van der Waals surface area (Å²) in [6, 6.07) is 3.50. The van der Waals surface area contributed by atoms with Gasteiger partial charge < -0.3 is 19.7 Å². The number of amides is 1. The number of hydrogen-bond acceptors (Lipinski definition) is 4. The molecule has 0 aromatic heterocycles. The van der Waals surface area contributed by atoms with Gasteiger partial charge in [-0.05, 0) is 41.9 Å². The zero-order valence-corrected chi connectivity index (χ0v) is 14.4. The van der Waals surface area contributed by atoms with Crippen molar-refractivity contribution in [3.8, 4) is 11.5 Å². The van der Waals surface area contributed by atoms with Crippen molar-refractivity contribution in [3.05, 3.63) is 22.2 Å². The number of carbonyl (C=O) groups excluding carboxylic acids is 1. The normalized spacial score (nSPS) is 17.5. The number of ether oxygens (including phenoxy) is 2. The summed E-state index contributed by atoms with van der Waals surface area (Å²) in [6.45, 7) is 6.37. The predicted molar refractivity (Wildman–Crippen MR) is 85.2 cm³/mol. The van der Waals surface area contributed by atoms with Crippen molar-refractivity contribution in [1.29, 1.82) is 0 Å². The quantitative estimate of drug-likeness (QED) is 0.902. The van der Waals surface area contributed by atoms with Crippen LogP contribution in [0.1, 0.15) is 24.2 Å². The molecule has 0 bridgehead atoms. The van der Waals surface area contributed by atoms with E-state index in [9.17, 15) is 4.79 Å². The van der Waals surface area contributed by atoms with Crippen LogP contribution < -0.4 is 14.8 Å². The molecule has 1 aromatic rings. The van der Waals surface area contributed by atoms with Gasteiger partial charge in [0.05, 0.1) is 18.7 Å². The molecular formula is C15H21BrN2O3. The lowest BCUT2D eigenvalue weighted by Crippen LogP contribution is -2.58. The second kappa shape index (κ2) is 6.23. The van der Waals surface area contributed by atoms with E-state index in [0.29, 0.717) is 34.6 Å². The van der Waals surface area contributed by atoms with Gasteiger partial charge in [-0.1, -0.05) is 0 Å². The van der Waals surface area contributed by atoms with E-state index in [0.717, 1.165) is 6.54 Å². The molecule has 1 saturated heterocycles. The molecule has 0 unspecified atom stereocenters. The van der Waals surface area contributed by atoms with Crippen LogP contribution in [0.4, 0.5) is 0 Å². The third-order valence-electron chi connectivity index (χ3n) is 3.54. The third-order valence-corrected chi connectivity index (χ3v) is 4.13. The third kappa shape index (κ3) is 3.49. The van der Waals surface area contributed by atoms with Crippen LogP contribution >= 0.6 is 15.9 Å². The maximum atomic E-state index is 12.7. The van der Waals surface area contributed by atoms with Crippen molar-refractivity contribution in [2.45, 2.75) is 19.4 Å². The average molecular weight is 357 g/mol. The Labute approximate surface area is 133 Å². The fraction of sp³-hybridized carbons (Fsp3) is 0.533. The summed E-state index contributed by atoms with van der Waals surface area (Å²) in [5.74, 6) is 1.14. The second-order valence-corrected chi connectivity index (χ2v) is 6.59. The second-order valence-electron chi connectivity index (χ2n) is 5.73. The number of rotatable bonds is 3. The minimum absolute atomic E-state index is 0.00577. The van der Waals surface area contributed by atoms with E-state index in [4.69, 9.17) is 9.47 Å². The number of methoxy groups -OCH3 is 2. The summed E-state index contributed by atoms with van der Waals surface area (Å²) in [6.07, 6.45) is 0. The van der Waals surface area contributed by atoms with E-state index in [1.54, 1.807) is 26.4 Å². The van der Waals surface area contributed by atoms with Crippen molar-refractivity contribution < 1.29 is 14.3 Å². The molecule has 0 atom stereocenters. The van der Waals surface area contributed by atoms with Gasteiger partial charge in [0.25, 0.3) is 5.91 Å². The maximum Gasteiger partial charge on any atom is 0.254 e. The van der Waals surface area contributed by atoms with Crippen LogP contribution in [0.2, 0.25) is 0 Å². The number of halogens is 1. The summed E-state index contributed by atoms with van der Waals surface area (Å²) in [4.78, 5) is 14.6. The lowest BCUT2D eigenvalue weighted by atomic mass is 10.0. The molecule has 0 aliphatic carbocycles. The van der Waals surface area contributed by atoms with Gasteiger partial charge in [-0.3, -0.25) is 4.79 Å². The molecule has 21 heavy (non-hydrogen) atoms. The van der Waals surface area contributed by atoms with E-state index in [2.05, 4.69) is 35.1 Å². The van der Waals surface area contributed by atoms with Gasteiger partial charge >= 0.3 is 0 Å². The molecule has 1 aliphatic heterocycles. The van der Waals surface area contributed by atoms with Gasteiger partial charge in [0.15, 0.2) is 11.5 Å². The number of nitrogens with one attached hydrogen (secondary N) is 1. The summed E-state index contributed by atoms with van der Waals surface area (Å²) >= 11 is 3.43. The number of benzene rings is 1. The van der Waals surface area contributed by atoms with Crippen molar-refractivity contribution in [2.24, 2.45) is 0 Å². The van der Waals surface area contributed by atoms with Gasteiger partial charge in [-0.25, -0.2) is 0 Å². The minimum Gasteiger partial charge on any atom is -0.493 e. The molecule has 1 amide bonds. The molecular weight excluding hydrogens is 336 g/mol. The standard InChI is InChI=1S/C15H21BrN2O3/c1-15(2)9-18(6-5-17-15)14(19)10-7-11(16)13(21-4)12(8-10)20-3/h7-8,17H,5-6,9H2,1-4H3. The van der Waals surface area contributed by atoms with E-state index in [-0.39, 0.29) is 11.4 Å². The highest BCUT2D eigenvalue weighted by atomic mass is 79.9. The molecule has 6 heteroatoms. The first-order valence-corrected chi connectivity index (χ1v) is 7.63. The van der Waals surface area contributed by atoms with Gasteiger partial charge in [-0.15, -0.1) is 0 Å². The smallest absolute Gasteiger partial charge is 0.254 e. The maximum absolute atomic E-state index is 12.7. The molecule has 1 aromatic carbocycles. The Morgan fingerprint density at radius 1 is 1.33 bits per heavy atom. The summed E-state index contributed by atoms with van der Waals surface area (Å²) < 4.78 is 11.3.